The highest BCUT2D eigenvalue weighted by molar-refractivity contribution is 5.96. The van der Waals surface area contributed by atoms with Crippen LogP contribution in [0.25, 0.3) is 0 Å². The summed E-state index contributed by atoms with van der Waals surface area (Å²) in [5.41, 5.74) is 12.5. The molecule has 0 spiro atoms. The van der Waals surface area contributed by atoms with E-state index in [0.29, 0.717) is 23.8 Å². The summed E-state index contributed by atoms with van der Waals surface area (Å²) in [5.74, 6) is -0.0403. The van der Waals surface area contributed by atoms with Crippen LogP contribution in [0.3, 0.4) is 0 Å². The molecular weight excluding hydrogens is 358 g/mol. The van der Waals surface area contributed by atoms with Crippen LogP contribution in [-0.2, 0) is 4.79 Å². The molecule has 3 rings (SSSR count). The number of anilines is 3. The smallest absolute Gasteiger partial charge is 0.271 e. The lowest BCUT2D eigenvalue weighted by Gasteiger charge is -2.18. The predicted molar refractivity (Wildman–Crippen MR) is 106 cm³/mol. The zero-order valence-corrected chi connectivity index (χ0v) is 16.0. The monoisotopic (exact) mass is 383 g/mol. The maximum absolute atomic E-state index is 11.7. The third kappa shape index (κ3) is 4.93. The van der Waals surface area contributed by atoms with Crippen molar-refractivity contribution in [2.24, 2.45) is 17.4 Å². The minimum absolute atomic E-state index is 0.0370. The Kier molecular flexibility index (Phi) is 5.72. The van der Waals surface area contributed by atoms with Crippen LogP contribution in [0.2, 0.25) is 0 Å². The van der Waals surface area contributed by atoms with Crippen LogP contribution in [0.4, 0.5) is 17.3 Å². The average molecular weight is 383 g/mol. The number of rotatable bonds is 9. The Bertz CT molecular complexity index is 865. The molecular formula is C19H25N7O2. The number of carbonyl (C=O) groups is 2. The number of nitrogens with zero attached hydrogens (tertiary/aromatic N) is 3. The van der Waals surface area contributed by atoms with Gasteiger partial charge in [0.2, 0.25) is 5.91 Å². The second kappa shape index (κ2) is 8.20. The minimum atomic E-state index is -0.681. The number of carbonyl (C=O) groups excluding carboxylic acids is 2. The maximum Gasteiger partial charge on any atom is 0.271 e. The number of primary amides is 2. The van der Waals surface area contributed by atoms with Crippen LogP contribution in [-0.4, -0.2) is 32.8 Å². The van der Waals surface area contributed by atoms with E-state index in [2.05, 4.69) is 25.6 Å². The fourth-order valence-corrected chi connectivity index (χ4v) is 2.92. The number of aromatic nitrogens is 3. The molecule has 2 unspecified atom stereocenters. The van der Waals surface area contributed by atoms with Gasteiger partial charge in [-0.25, -0.2) is 9.97 Å². The van der Waals surface area contributed by atoms with Crippen molar-refractivity contribution in [1.82, 2.24) is 15.0 Å². The first-order chi connectivity index (χ1) is 13.3. The second-order valence-corrected chi connectivity index (χ2v) is 7.27. The third-order valence-corrected chi connectivity index (χ3v) is 4.64. The van der Waals surface area contributed by atoms with Gasteiger partial charge in [0.25, 0.3) is 5.91 Å². The quantitative estimate of drug-likeness (QED) is 0.516. The molecule has 2 heterocycles. The Morgan fingerprint density at radius 1 is 1.18 bits per heavy atom. The first kappa shape index (κ1) is 19.5. The number of nitrogens with one attached hydrogen (secondary N) is 2. The Morgan fingerprint density at radius 3 is 2.50 bits per heavy atom. The van der Waals surface area contributed by atoms with E-state index in [1.54, 1.807) is 13.1 Å². The number of hydrogen-bond donors (Lipinski definition) is 4. The Labute approximate surface area is 163 Å². The maximum atomic E-state index is 11.7. The molecule has 0 aliphatic heterocycles. The van der Waals surface area contributed by atoms with Crippen molar-refractivity contribution in [1.29, 1.82) is 0 Å². The van der Waals surface area contributed by atoms with Crippen LogP contribution in [0, 0.1) is 5.92 Å². The Balaban J connectivity index is 1.75. The van der Waals surface area contributed by atoms with Gasteiger partial charge in [0.05, 0.1) is 18.1 Å². The van der Waals surface area contributed by atoms with Crippen LogP contribution >= 0.6 is 0 Å². The van der Waals surface area contributed by atoms with E-state index >= 15 is 0 Å². The average Bonchev–Trinajstić information content (AvgIpc) is 3.47. The van der Waals surface area contributed by atoms with Crippen molar-refractivity contribution in [3.63, 3.8) is 0 Å². The van der Waals surface area contributed by atoms with Crippen LogP contribution in [0.5, 0.6) is 0 Å². The fourth-order valence-electron chi connectivity index (χ4n) is 2.92. The van der Waals surface area contributed by atoms with E-state index < -0.39 is 5.91 Å². The first-order valence-corrected chi connectivity index (χ1v) is 9.29. The van der Waals surface area contributed by atoms with Crippen molar-refractivity contribution in [2.45, 2.75) is 45.1 Å². The lowest BCUT2D eigenvalue weighted by Crippen LogP contribution is -2.27. The van der Waals surface area contributed by atoms with E-state index in [1.807, 2.05) is 19.1 Å². The molecule has 1 saturated carbocycles. The van der Waals surface area contributed by atoms with Gasteiger partial charge in [-0.3, -0.25) is 14.6 Å². The molecule has 1 fully saturated rings. The highest BCUT2D eigenvalue weighted by atomic mass is 16.1. The highest BCUT2D eigenvalue weighted by Gasteiger charge is 2.24. The van der Waals surface area contributed by atoms with E-state index in [9.17, 15) is 9.59 Å². The SMILES string of the molecule is CC(CC(C)C(N)=O)Nc1cnc(C(N)=O)c(Nc2ccc(C3CC3)nc2)n1. The van der Waals surface area contributed by atoms with Gasteiger partial charge in [-0.1, -0.05) is 6.92 Å². The molecule has 2 aromatic heterocycles. The Morgan fingerprint density at radius 2 is 1.93 bits per heavy atom. The molecule has 1 aliphatic carbocycles. The van der Waals surface area contributed by atoms with Gasteiger partial charge in [0.15, 0.2) is 11.5 Å². The van der Waals surface area contributed by atoms with Gasteiger partial charge >= 0.3 is 0 Å². The van der Waals surface area contributed by atoms with Gasteiger partial charge < -0.3 is 22.1 Å². The molecule has 0 radical (unpaired) electrons. The molecule has 148 valence electrons. The predicted octanol–water partition coefficient (Wildman–Crippen LogP) is 1.90. The van der Waals surface area contributed by atoms with Gasteiger partial charge in [-0.05, 0) is 38.3 Å². The summed E-state index contributed by atoms with van der Waals surface area (Å²) in [6.07, 6.45) is 6.04. The second-order valence-electron chi connectivity index (χ2n) is 7.27. The summed E-state index contributed by atoms with van der Waals surface area (Å²) in [6.45, 7) is 3.68. The molecule has 2 amide bonds. The molecule has 2 atom stereocenters. The molecule has 0 saturated heterocycles. The van der Waals surface area contributed by atoms with E-state index in [1.165, 1.54) is 19.0 Å². The van der Waals surface area contributed by atoms with Crippen molar-refractivity contribution in [3.8, 4) is 0 Å². The molecule has 2 aromatic rings. The summed E-state index contributed by atoms with van der Waals surface area (Å²) in [4.78, 5) is 35.9. The molecule has 9 heteroatoms. The fraction of sp³-hybridized carbons (Fsp3) is 0.421. The highest BCUT2D eigenvalue weighted by Crippen LogP contribution is 2.39. The zero-order chi connectivity index (χ0) is 20.3. The number of pyridine rings is 1. The Hall–Kier alpha value is -3.23. The molecule has 0 bridgehead atoms. The third-order valence-electron chi connectivity index (χ3n) is 4.64. The lowest BCUT2D eigenvalue weighted by atomic mass is 10.0. The van der Waals surface area contributed by atoms with Crippen molar-refractivity contribution >= 4 is 29.1 Å². The zero-order valence-electron chi connectivity index (χ0n) is 16.0. The number of nitrogens with two attached hydrogens (primary N) is 2. The summed E-state index contributed by atoms with van der Waals surface area (Å²) in [5, 5.41) is 6.23. The minimum Gasteiger partial charge on any atom is -0.369 e. The molecule has 28 heavy (non-hydrogen) atoms. The summed E-state index contributed by atoms with van der Waals surface area (Å²) < 4.78 is 0. The van der Waals surface area contributed by atoms with E-state index in [-0.39, 0.29) is 29.4 Å². The standard InChI is InChI=1S/C19H25N7O2/c1-10(17(20)27)7-11(2)24-15-9-23-16(18(21)28)19(26-15)25-13-5-6-14(22-8-13)12-3-4-12/h5-6,8-12H,3-4,7H2,1-2H3,(H2,20,27)(H2,21,28)(H2,24,25,26). The molecule has 6 N–H and O–H groups in total. The van der Waals surface area contributed by atoms with Gasteiger partial charge in [0, 0.05) is 23.6 Å². The van der Waals surface area contributed by atoms with Crippen LogP contribution in [0.15, 0.2) is 24.5 Å². The van der Waals surface area contributed by atoms with Crippen molar-refractivity contribution < 1.29 is 9.59 Å². The summed E-state index contributed by atoms with van der Waals surface area (Å²) >= 11 is 0. The first-order valence-electron chi connectivity index (χ1n) is 9.29. The van der Waals surface area contributed by atoms with Crippen molar-refractivity contribution in [3.05, 3.63) is 35.9 Å². The molecule has 0 aromatic carbocycles. The van der Waals surface area contributed by atoms with Crippen LogP contribution in [0.1, 0.15) is 55.2 Å². The lowest BCUT2D eigenvalue weighted by molar-refractivity contribution is -0.121. The number of hydrogen-bond acceptors (Lipinski definition) is 7. The topological polar surface area (TPSA) is 149 Å². The number of amides is 2. The normalized spacial score (nSPS) is 15.5. The largest absolute Gasteiger partial charge is 0.369 e. The van der Waals surface area contributed by atoms with E-state index in [4.69, 9.17) is 11.5 Å². The van der Waals surface area contributed by atoms with Gasteiger partial charge in [0.1, 0.15) is 5.82 Å². The van der Waals surface area contributed by atoms with Crippen LogP contribution < -0.4 is 22.1 Å². The summed E-state index contributed by atoms with van der Waals surface area (Å²) in [6, 6.07) is 3.79. The van der Waals surface area contributed by atoms with E-state index in [0.717, 1.165) is 5.69 Å². The van der Waals surface area contributed by atoms with Gasteiger partial charge in [-0.15, -0.1) is 0 Å². The summed E-state index contributed by atoms with van der Waals surface area (Å²) in [7, 11) is 0. The molecule has 1 aliphatic rings. The van der Waals surface area contributed by atoms with Crippen molar-refractivity contribution in [2.75, 3.05) is 10.6 Å². The van der Waals surface area contributed by atoms with Gasteiger partial charge in [-0.2, -0.15) is 0 Å². The molecule has 9 nitrogen and oxygen atoms in total.